The lowest BCUT2D eigenvalue weighted by Gasteiger charge is -2.34. The number of piperidine rings is 1. The SMILES string of the molecule is CCNCC1CCN(C(=O)CC2CCCc3ccccc32)CC1.Cl. The molecule has 1 aliphatic heterocycles. The van der Waals surface area contributed by atoms with Crippen molar-refractivity contribution in [2.45, 2.75) is 51.4 Å². The molecular formula is C20H31ClN2O. The summed E-state index contributed by atoms with van der Waals surface area (Å²) in [6.07, 6.45) is 6.57. The van der Waals surface area contributed by atoms with Crippen molar-refractivity contribution in [3.05, 3.63) is 35.4 Å². The maximum atomic E-state index is 12.7. The van der Waals surface area contributed by atoms with Gasteiger partial charge in [-0.1, -0.05) is 31.2 Å². The number of halogens is 1. The van der Waals surface area contributed by atoms with Crippen LogP contribution < -0.4 is 5.32 Å². The van der Waals surface area contributed by atoms with E-state index in [9.17, 15) is 4.79 Å². The molecule has 1 heterocycles. The largest absolute Gasteiger partial charge is 0.343 e. The number of carbonyl (C=O) groups excluding carboxylic acids is 1. The minimum atomic E-state index is 0. The third-order valence-corrected chi connectivity index (χ3v) is 5.56. The van der Waals surface area contributed by atoms with E-state index in [1.807, 2.05) is 0 Å². The first-order chi connectivity index (χ1) is 11.3. The number of hydrogen-bond acceptors (Lipinski definition) is 2. The number of nitrogens with one attached hydrogen (secondary N) is 1. The molecular weight excluding hydrogens is 320 g/mol. The van der Waals surface area contributed by atoms with E-state index in [2.05, 4.69) is 41.4 Å². The molecule has 0 spiro atoms. The van der Waals surface area contributed by atoms with Gasteiger partial charge in [0.2, 0.25) is 5.91 Å². The van der Waals surface area contributed by atoms with Gasteiger partial charge in [-0.3, -0.25) is 4.79 Å². The molecule has 1 fully saturated rings. The fraction of sp³-hybridized carbons (Fsp3) is 0.650. The maximum absolute atomic E-state index is 12.7. The van der Waals surface area contributed by atoms with Crippen LogP contribution in [-0.2, 0) is 11.2 Å². The zero-order valence-corrected chi connectivity index (χ0v) is 15.6. The Morgan fingerprint density at radius 3 is 2.71 bits per heavy atom. The highest BCUT2D eigenvalue weighted by Crippen LogP contribution is 2.34. The summed E-state index contributed by atoms with van der Waals surface area (Å²) in [5.41, 5.74) is 2.88. The summed E-state index contributed by atoms with van der Waals surface area (Å²) in [6, 6.07) is 8.71. The highest BCUT2D eigenvalue weighted by atomic mass is 35.5. The minimum absolute atomic E-state index is 0. The lowest BCUT2D eigenvalue weighted by atomic mass is 9.81. The Bertz CT molecular complexity index is 526. The van der Waals surface area contributed by atoms with Gasteiger partial charge >= 0.3 is 0 Å². The summed E-state index contributed by atoms with van der Waals surface area (Å²) >= 11 is 0. The van der Waals surface area contributed by atoms with Gasteiger partial charge in [-0.15, -0.1) is 12.4 Å². The van der Waals surface area contributed by atoms with Crippen molar-refractivity contribution in [1.29, 1.82) is 0 Å². The Labute approximate surface area is 152 Å². The Hall–Kier alpha value is -1.06. The zero-order valence-electron chi connectivity index (χ0n) is 14.8. The first-order valence-electron chi connectivity index (χ1n) is 9.34. The summed E-state index contributed by atoms with van der Waals surface area (Å²) in [5, 5.41) is 3.44. The van der Waals surface area contributed by atoms with E-state index in [1.54, 1.807) is 0 Å². The van der Waals surface area contributed by atoms with Crippen molar-refractivity contribution in [3.8, 4) is 0 Å². The fourth-order valence-electron chi connectivity index (χ4n) is 4.14. The van der Waals surface area contributed by atoms with Gasteiger partial charge in [-0.2, -0.15) is 0 Å². The van der Waals surface area contributed by atoms with Crippen molar-refractivity contribution in [1.82, 2.24) is 10.2 Å². The van der Waals surface area contributed by atoms with E-state index in [4.69, 9.17) is 0 Å². The molecule has 24 heavy (non-hydrogen) atoms. The number of nitrogens with zero attached hydrogens (tertiary/aromatic N) is 1. The van der Waals surface area contributed by atoms with Gasteiger partial charge in [0.05, 0.1) is 0 Å². The molecule has 3 rings (SSSR count). The van der Waals surface area contributed by atoms with Crippen LogP contribution in [0.2, 0.25) is 0 Å². The first-order valence-corrected chi connectivity index (χ1v) is 9.34. The van der Waals surface area contributed by atoms with Crippen LogP contribution in [-0.4, -0.2) is 37.0 Å². The molecule has 134 valence electrons. The predicted octanol–water partition coefficient (Wildman–Crippen LogP) is 3.77. The standard InChI is InChI=1S/C20H30N2O.ClH/c1-2-21-15-16-10-12-22(13-11-16)20(23)14-18-8-5-7-17-6-3-4-9-19(17)18;/h3-4,6,9,16,18,21H,2,5,7-8,10-15H2,1H3;1H. The molecule has 1 aromatic rings. The van der Waals surface area contributed by atoms with Gasteiger partial charge in [0.15, 0.2) is 0 Å². The lowest BCUT2D eigenvalue weighted by molar-refractivity contribution is -0.133. The summed E-state index contributed by atoms with van der Waals surface area (Å²) in [7, 11) is 0. The van der Waals surface area contributed by atoms with Crippen LogP contribution in [0.25, 0.3) is 0 Å². The topological polar surface area (TPSA) is 32.3 Å². The van der Waals surface area contributed by atoms with Gasteiger partial charge < -0.3 is 10.2 Å². The second-order valence-corrected chi connectivity index (χ2v) is 7.12. The van der Waals surface area contributed by atoms with Gasteiger partial charge in [-0.25, -0.2) is 0 Å². The van der Waals surface area contributed by atoms with Crippen LogP contribution in [0.4, 0.5) is 0 Å². The smallest absolute Gasteiger partial charge is 0.223 e. The molecule has 1 amide bonds. The summed E-state index contributed by atoms with van der Waals surface area (Å²) in [6.45, 7) is 6.20. The van der Waals surface area contributed by atoms with Gasteiger partial charge in [0.1, 0.15) is 0 Å². The average molecular weight is 351 g/mol. The molecule has 0 radical (unpaired) electrons. The third-order valence-electron chi connectivity index (χ3n) is 5.56. The predicted molar refractivity (Wildman–Crippen MR) is 102 cm³/mol. The van der Waals surface area contributed by atoms with Crippen LogP contribution in [0.3, 0.4) is 0 Å². The number of likely N-dealkylation sites (tertiary alicyclic amines) is 1. The van der Waals surface area contributed by atoms with Crippen LogP contribution in [0.15, 0.2) is 24.3 Å². The molecule has 0 bridgehead atoms. The van der Waals surface area contributed by atoms with Crippen molar-refractivity contribution in [3.63, 3.8) is 0 Å². The molecule has 2 aliphatic rings. The number of rotatable bonds is 5. The van der Waals surface area contributed by atoms with Crippen molar-refractivity contribution in [2.75, 3.05) is 26.2 Å². The van der Waals surface area contributed by atoms with E-state index < -0.39 is 0 Å². The quantitative estimate of drug-likeness (QED) is 0.876. The summed E-state index contributed by atoms with van der Waals surface area (Å²) < 4.78 is 0. The number of aryl methyl sites for hydroxylation is 1. The molecule has 4 heteroatoms. The number of carbonyl (C=O) groups is 1. The molecule has 0 saturated carbocycles. The maximum Gasteiger partial charge on any atom is 0.223 e. The number of hydrogen-bond donors (Lipinski definition) is 1. The molecule has 1 N–H and O–H groups in total. The monoisotopic (exact) mass is 350 g/mol. The Morgan fingerprint density at radius 2 is 1.96 bits per heavy atom. The molecule has 1 aromatic carbocycles. The third kappa shape index (κ3) is 4.73. The van der Waals surface area contributed by atoms with Crippen LogP contribution in [0.5, 0.6) is 0 Å². The van der Waals surface area contributed by atoms with E-state index in [0.717, 1.165) is 44.9 Å². The van der Waals surface area contributed by atoms with E-state index in [-0.39, 0.29) is 12.4 Å². The molecule has 3 nitrogen and oxygen atoms in total. The van der Waals surface area contributed by atoms with Crippen molar-refractivity contribution < 1.29 is 4.79 Å². The molecule has 1 aliphatic carbocycles. The number of fused-ring (bicyclic) bond motifs is 1. The van der Waals surface area contributed by atoms with Crippen LogP contribution in [0, 0.1) is 5.92 Å². The second-order valence-electron chi connectivity index (χ2n) is 7.12. The van der Waals surface area contributed by atoms with Crippen molar-refractivity contribution in [2.24, 2.45) is 5.92 Å². The van der Waals surface area contributed by atoms with E-state index in [0.29, 0.717) is 18.2 Å². The minimum Gasteiger partial charge on any atom is -0.343 e. The normalized spacial score (nSPS) is 21.0. The zero-order chi connectivity index (χ0) is 16.1. The summed E-state index contributed by atoms with van der Waals surface area (Å²) in [4.78, 5) is 14.8. The highest BCUT2D eigenvalue weighted by molar-refractivity contribution is 5.85. The van der Waals surface area contributed by atoms with Crippen molar-refractivity contribution >= 4 is 18.3 Å². The van der Waals surface area contributed by atoms with E-state index in [1.165, 1.54) is 30.4 Å². The fourth-order valence-corrected chi connectivity index (χ4v) is 4.14. The first kappa shape index (κ1) is 19.3. The Balaban J connectivity index is 0.00000208. The Kier molecular flexibility index (Phi) is 7.57. The second kappa shape index (κ2) is 9.43. The number of amides is 1. The highest BCUT2D eigenvalue weighted by Gasteiger charge is 2.27. The molecule has 1 unspecified atom stereocenters. The van der Waals surface area contributed by atoms with Crippen LogP contribution in [0.1, 0.15) is 56.1 Å². The molecule has 1 saturated heterocycles. The molecule has 0 aromatic heterocycles. The lowest BCUT2D eigenvalue weighted by Crippen LogP contribution is -2.41. The molecule has 1 atom stereocenters. The van der Waals surface area contributed by atoms with Gasteiger partial charge in [-0.05, 0) is 68.2 Å². The Morgan fingerprint density at radius 1 is 1.21 bits per heavy atom. The van der Waals surface area contributed by atoms with E-state index >= 15 is 0 Å². The average Bonchev–Trinajstić information content (AvgIpc) is 2.60. The summed E-state index contributed by atoms with van der Waals surface area (Å²) in [5.74, 6) is 1.55. The van der Waals surface area contributed by atoms with Crippen LogP contribution >= 0.6 is 12.4 Å². The van der Waals surface area contributed by atoms with Gasteiger partial charge in [0.25, 0.3) is 0 Å². The van der Waals surface area contributed by atoms with Gasteiger partial charge in [0, 0.05) is 19.5 Å². The number of benzene rings is 1.